The summed E-state index contributed by atoms with van der Waals surface area (Å²) in [4.78, 5) is 25.2. The first-order valence-electron chi connectivity index (χ1n) is 10.5. The van der Waals surface area contributed by atoms with Crippen LogP contribution >= 0.6 is 0 Å². The van der Waals surface area contributed by atoms with Crippen LogP contribution in [0.15, 0.2) is 42.5 Å². The first-order valence-corrected chi connectivity index (χ1v) is 10.5. The number of hydrogen-bond donors (Lipinski definition) is 2. The minimum absolute atomic E-state index is 0.0709. The zero-order valence-corrected chi connectivity index (χ0v) is 17.9. The van der Waals surface area contributed by atoms with Crippen LogP contribution in [-0.2, 0) is 15.0 Å². The molecule has 5 nitrogen and oxygen atoms in total. The molecule has 1 fully saturated rings. The Balaban J connectivity index is 2.02. The van der Waals surface area contributed by atoms with Gasteiger partial charge in [-0.2, -0.15) is 8.78 Å². The number of benzene rings is 2. The predicted molar refractivity (Wildman–Crippen MR) is 113 cm³/mol. The van der Waals surface area contributed by atoms with Crippen LogP contribution in [0.4, 0.5) is 18.9 Å². The number of halogens is 3. The first-order chi connectivity index (χ1) is 15.1. The van der Waals surface area contributed by atoms with Crippen LogP contribution in [0.5, 0.6) is 5.75 Å². The van der Waals surface area contributed by atoms with Crippen molar-refractivity contribution in [3.05, 3.63) is 59.4 Å². The summed E-state index contributed by atoms with van der Waals surface area (Å²) in [5.41, 5.74) is 0.622. The highest BCUT2D eigenvalue weighted by Crippen LogP contribution is 2.45. The summed E-state index contributed by atoms with van der Waals surface area (Å²) >= 11 is 0. The fourth-order valence-electron chi connectivity index (χ4n) is 4.45. The Morgan fingerprint density at radius 1 is 1.12 bits per heavy atom. The second-order valence-electron chi connectivity index (χ2n) is 8.41. The second-order valence-corrected chi connectivity index (χ2v) is 8.41. The number of rotatable bonds is 7. The van der Waals surface area contributed by atoms with Gasteiger partial charge in [0.05, 0.1) is 17.0 Å². The second kappa shape index (κ2) is 9.63. The van der Waals surface area contributed by atoms with Crippen molar-refractivity contribution in [2.24, 2.45) is 5.92 Å². The molecule has 3 rings (SSSR count). The molecule has 0 spiro atoms. The van der Waals surface area contributed by atoms with E-state index in [0.29, 0.717) is 12.8 Å². The van der Waals surface area contributed by atoms with Gasteiger partial charge in [0.25, 0.3) is 0 Å². The first kappa shape index (κ1) is 23.6. The Labute approximate surface area is 184 Å². The number of hydrogen-bond acceptors (Lipinski definition) is 3. The van der Waals surface area contributed by atoms with Crippen molar-refractivity contribution in [2.45, 2.75) is 57.5 Å². The lowest BCUT2D eigenvalue weighted by molar-refractivity contribution is -0.144. The molecule has 0 radical (unpaired) electrons. The Morgan fingerprint density at radius 2 is 1.78 bits per heavy atom. The molecular formula is C24H26F3NO4. The molecule has 2 aromatic rings. The van der Waals surface area contributed by atoms with E-state index in [0.717, 1.165) is 23.3 Å². The summed E-state index contributed by atoms with van der Waals surface area (Å²) in [5.74, 6) is -3.05. The van der Waals surface area contributed by atoms with Crippen LogP contribution in [0.3, 0.4) is 0 Å². The third kappa shape index (κ3) is 4.89. The molecule has 32 heavy (non-hydrogen) atoms. The number of carboxylic acid groups (broad SMARTS) is 1. The molecule has 8 heteroatoms. The summed E-state index contributed by atoms with van der Waals surface area (Å²) in [6.45, 7) is 0.818. The summed E-state index contributed by atoms with van der Waals surface area (Å²) in [6, 6.07) is 10.5. The van der Waals surface area contributed by atoms with Crippen LogP contribution in [0, 0.1) is 11.7 Å². The fraction of sp³-hybridized carbons (Fsp3) is 0.417. The zero-order chi connectivity index (χ0) is 23.5. The van der Waals surface area contributed by atoms with E-state index >= 15 is 0 Å². The molecule has 0 unspecified atom stereocenters. The summed E-state index contributed by atoms with van der Waals surface area (Å²) < 4.78 is 43.6. The van der Waals surface area contributed by atoms with Crippen molar-refractivity contribution in [3.8, 4) is 5.75 Å². The lowest BCUT2D eigenvalue weighted by atomic mass is 9.64. The van der Waals surface area contributed by atoms with E-state index in [1.807, 2.05) is 38.1 Å². The van der Waals surface area contributed by atoms with Gasteiger partial charge in [-0.25, -0.2) is 4.39 Å². The van der Waals surface area contributed by atoms with Gasteiger partial charge in [-0.3, -0.25) is 9.59 Å². The number of carboxylic acids is 1. The number of anilines is 1. The highest BCUT2D eigenvalue weighted by atomic mass is 19.3. The third-order valence-electron chi connectivity index (χ3n) is 6.13. The average Bonchev–Trinajstić information content (AvgIpc) is 2.75. The van der Waals surface area contributed by atoms with Crippen LogP contribution < -0.4 is 10.1 Å². The molecule has 2 aromatic carbocycles. The largest absolute Gasteiger partial charge is 0.481 e. The van der Waals surface area contributed by atoms with E-state index < -0.39 is 41.4 Å². The van der Waals surface area contributed by atoms with Gasteiger partial charge < -0.3 is 15.2 Å². The summed E-state index contributed by atoms with van der Waals surface area (Å²) in [6.07, 6.45) is 1.18. The molecule has 1 amide bonds. The maximum absolute atomic E-state index is 13.7. The Hall–Kier alpha value is -3.03. The van der Waals surface area contributed by atoms with E-state index in [2.05, 4.69) is 10.1 Å². The van der Waals surface area contributed by atoms with Gasteiger partial charge in [0, 0.05) is 6.07 Å². The van der Waals surface area contributed by atoms with Crippen molar-refractivity contribution in [3.63, 3.8) is 0 Å². The predicted octanol–water partition coefficient (Wildman–Crippen LogP) is 5.70. The molecule has 0 aromatic heterocycles. The van der Waals surface area contributed by atoms with Crippen molar-refractivity contribution >= 4 is 17.6 Å². The number of aliphatic carboxylic acids is 1. The number of carbonyl (C=O) groups excluding carboxylic acids is 1. The number of amides is 1. The van der Waals surface area contributed by atoms with E-state index in [4.69, 9.17) is 0 Å². The Morgan fingerprint density at radius 3 is 2.38 bits per heavy atom. The van der Waals surface area contributed by atoms with E-state index in [-0.39, 0.29) is 24.4 Å². The van der Waals surface area contributed by atoms with Crippen molar-refractivity contribution in [1.82, 2.24) is 0 Å². The monoisotopic (exact) mass is 449 g/mol. The molecule has 0 aliphatic heterocycles. The zero-order valence-electron chi connectivity index (χ0n) is 17.9. The molecule has 1 aliphatic rings. The fourth-order valence-corrected chi connectivity index (χ4v) is 4.45. The van der Waals surface area contributed by atoms with E-state index in [1.165, 1.54) is 6.07 Å². The van der Waals surface area contributed by atoms with Crippen LogP contribution in [-0.4, -0.2) is 23.6 Å². The standard InChI is InChI=1S/C24H26F3NO4/c1-14(2)17-5-3-4-6-18(17)24(11-9-15(10-12-24)21(29)30)22(31)28-19-8-7-16(25)13-20(19)32-23(26)27/h3-8,13-15,23H,9-12H2,1-2H3,(H,28,31)(H,29,30). The quantitative estimate of drug-likeness (QED) is 0.568. The van der Waals surface area contributed by atoms with Gasteiger partial charge in [-0.1, -0.05) is 38.1 Å². The number of alkyl halides is 2. The molecule has 0 heterocycles. The smallest absolute Gasteiger partial charge is 0.387 e. The highest BCUT2D eigenvalue weighted by molar-refractivity contribution is 6.00. The highest BCUT2D eigenvalue weighted by Gasteiger charge is 2.46. The maximum Gasteiger partial charge on any atom is 0.387 e. The van der Waals surface area contributed by atoms with Crippen molar-refractivity contribution < 1.29 is 32.6 Å². The number of carbonyl (C=O) groups is 2. The molecule has 172 valence electrons. The molecule has 0 bridgehead atoms. The van der Waals surface area contributed by atoms with Crippen LogP contribution in [0.25, 0.3) is 0 Å². The van der Waals surface area contributed by atoms with Crippen LogP contribution in [0.2, 0.25) is 0 Å². The normalized spacial score (nSPS) is 20.9. The third-order valence-corrected chi connectivity index (χ3v) is 6.13. The van der Waals surface area contributed by atoms with E-state index in [1.54, 1.807) is 0 Å². The number of nitrogens with one attached hydrogen (secondary N) is 1. The minimum atomic E-state index is -3.19. The lowest BCUT2D eigenvalue weighted by Gasteiger charge is -2.40. The van der Waals surface area contributed by atoms with E-state index in [9.17, 15) is 27.9 Å². The van der Waals surface area contributed by atoms with Gasteiger partial charge in [0.15, 0.2) is 5.75 Å². The SMILES string of the molecule is CC(C)c1ccccc1C1(C(=O)Nc2ccc(F)cc2OC(F)F)CCC(C(=O)O)CC1. The van der Waals surface area contributed by atoms with Crippen molar-refractivity contribution in [2.75, 3.05) is 5.32 Å². The molecule has 0 saturated heterocycles. The van der Waals surface area contributed by atoms with Crippen LogP contribution in [0.1, 0.15) is 56.6 Å². The average molecular weight is 449 g/mol. The topological polar surface area (TPSA) is 75.6 Å². The van der Waals surface area contributed by atoms with Gasteiger partial charge in [-0.05, 0) is 54.9 Å². The molecule has 1 aliphatic carbocycles. The summed E-state index contributed by atoms with van der Waals surface area (Å²) in [7, 11) is 0. The number of ether oxygens (including phenoxy) is 1. The summed E-state index contributed by atoms with van der Waals surface area (Å²) in [5, 5.41) is 12.1. The van der Waals surface area contributed by atoms with Gasteiger partial charge in [0.2, 0.25) is 5.91 Å². The molecule has 0 atom stereocenters. The Bertz CT molecular complexity index is 985. The Kier molecular flexibility index (Phi) is 7.11. The maximum atomic E-state index is 13.7. The lowest BCUT2D eigenvalue weighted by Crippen LogP contribution is -2.45. The van der Waals surface area contributed by atoms with Crippen molar-refractivity contribution in [1.29, 1.82) is 0 Å². The molecule has 1 saturated carbocycles. The van der Waals surface area contributed by atoms with Gasteiger partial charge in [-0.15, -0.1) is 0 Å². The minimum Gasteiger partial charge on any atom is -0.481 e. The van der Waals surface area contributed by atoms with Gasteiger partial charge >= 0.3 is 12.6 Å². The molecule has 2 N–H and O–H groups in total. The van der Waals surface area contributed by atoms with Gasteiger partial charge in [0.1, 0.15) is 5.82 Å². The molecular weight excluding hydrogens is 423 g/mol.